The Balaban J connectivity index is 0.00000196. The SMILES string of the molecule is CC(C)c1csc(NC(=O)CCN)n1.Cl. The predicted molar refractivity (Wildman–Crippen MR) is 65.8 cm³/mol. The molecule has 0 radical (unpaired) electrons. The topological polar surface area (TPSA) is 68.0 Å². The summed E-state index contributed by atoms with van der Waals surface area (Å²) < 4.78 is 0. The summed E-state index contributed by atoms with van der Waals surface area (Å²) in [6, 6.07) is 0. The van der Waals surface area contributed by atoms with E-state index >= 15 is 0 Å². The lowest BCUT2D eigenvalue weighted by Crippen LogP contribution is -2.16. The molecule has 1 rings (SSSR count). The number of thiazole rings is 1. The molecule has 4 nitrogen and oxygen atoms in total. The summed E-state index contributed by atoms with van der Waals surface area (Å²) >= 11 is 1.45. The highest BCUT2D eigenvalue weighted by atomic mass is 35.5. The number of nitrogens with two attached hydrogens (primary N) is 1. The van der Waals surface area contributed by atoms with E-state index in [-0.39, 0.29) is 18.3 Å². The van der Waals surface area contributed by atoms with Gasteiger partial charge in [-0.3, -0.25) is 4.79 Å². The Labute approximate surface area is 99.7 Å². The quantitative estimate of drug-likeness (QED) is 0.857. The van der Waals surface area contributed by atoms with Crippen molar-refractivity contribution in [3.8, 4) is 0 Å². The molecule has 0 aliphatic heterocycles. The minimum atomic E-state index is -0.0721. The summed E-state index contributed by atoms with van der Waals surface area (Å²) in [5, 5.41) is 5.33. The Bertz CT molecular complexity index is 314. The molecule has 6 heteroatoms. The van der Waals surface area contributed by atoms with Crippen LogP contribution in [0, 0.1) is 0 Å². The maximum Gasteiger partial charge on any atom is 0.227 e. The van der Waals surface area contributed by atoms with Crippen LogP contribution in [0.1, 0.15) is 31.9 Å². The van der Waals surface area contributed by atoms with Crippen LogP contribution in [-0.4, -0.2) is 17.4 Å². The monoisotopic (exact) mass is 249 g/mol. The van der Waals surface area contributed by atoms with E-state index < -0.39 is 0 Å². The van der Waals surface area contributed by atoms with Gasteiger partial charge in [-0.15, -0.1) is 23.7 Å². The molecule has 0 saturated carbocycles. The average Bonchev–Trinajstić information content (AvgIpc) is 2.53. The van der Waals surface area contributed by atoms with E-state index in [1.54, 1.807) is 0 Å². The second-order valence-electron chi connectivity index (χ2n) is 3.32. The molecule has 0 fully saturated rings. The van der Waals surface area contributed by atoms with Crippen molar-refractivity contribution in [1.29, 1.82) is 0 Å². The van der Waals surface area contributed by atoms with Crippen molar-refractivity contribution in [3.63, 3.8) is 0 Å². The van der Waals surface area contributed by atoms with Crippen molar-refractivity contribution < 1.29 is 4.79 Å². The Morgan fingerprint density at radius 1 is 1.67 bits per heavy atom. The van der Waals surface area contributed by atoms with Crippen molar-refractivity contribution in [1.82, 2.24) is 4.98 Å². The lowest BCUT2D eigenvalue weighted by atomic mass is 10.2. The first kappa shape index (κ1) is 14.3. The molecule has 1 amide bonds. The Morgan fingerprint density at radius 3 is 2.80 bits per heavy atom. The summed E-state index contributed by atoms with van der Waals surface area (Å²) in [7, 11) is 0. The predicted octanol–water partition coefficient (Wildman–Crippen LogP) is 1.98. The molecule has 0 saturated heterocycles. The number of anilines is 1. The van der Waals surface area contributed by atoms with Crippen molar-refractivity contribution >= 4 is 34.8 Å². The van der Waals surface area contributed by atoms with Gasteiger partial charge in [-0.05, 0) is 5.92 Å². The van der Waals surface area contributed by atoms with Gasteiger partial charge in [-0.25, -0.2) is 4.98 Å². The third-order valence-corrected chi connectivity index (χ3v) is 2.51. The molecule has 1 aromatic rings. The zero-order chi connectivity index (χ0) is 10.6. The van der Waals surface area contributed by atoms with Crippen LogP contribution in [0.15, 0.2) is 5.38 Å². The first-order valence-corrected chi connectivity index (χ1v) is 5.46. The molecule has 1 heterocycles. The number of carbonyl (C=O) groups is 1. The molecule has 0 aliphatic carbocycles. The van der Waals surface area contributed by atoms with E-state index in [1.165, 1.54) is 11.3 Å². The number of nitrogens with one attached hydrogen (secondary N) is 1. The van der Waals surface area contributed by atoms with Crippen LogP contribution in [0.25, 0.3) is 0 Å². The molecule has 0 atom stereocenters. The summed E-state index contributed by atoms with van der Waals surface area (Å²) in [6.07, 6.45) is 0.344. The zero-order valence-electron chi connectivity index (χ0n) is 8.82. The van der Waals surface area contributed by atoms with Crippen LogP contribution < -0.4 is 11.1 Å². The fourth-order valence-electron chi connectivity index (χ4n) is 0.922. The van der Waals surface area contributed by atoms with E-state index in [2.05, 4.69) is 24.1 Å². The molecule has 0 unspecified atom stereocenters. The van der Waals surface area contributed by atoms with E-state index in [4.69, 9.17) is 5.73 Å². The number of hydrogen-bond donors (Lipinski definition) is 2. The first-order chi connectivity index (χ1) is 6.63. The largest absolute Gasteiger partial charge is 0.330 e. The van der Waals surface area contributed by atoms with Gasteiger partial charge in [0.1, 0.15) is 0 Å². The molecule has 15 heavy (non-hydrogen) atoms. The molecular formula is C9H16ClN3OS. The Kier molecular flexibility index (Phi) is 6.47. The third-order valence-electron chi connectivity index (χ3n) is 1.73. The minimum absolute atomic E-state index is 0. The fraction of sp³-hybridized carbons (Fsp3) is 0.556. The lowest BCUT2D eigenvalue weighted by molar-refractivity contribution is -0.116. The molecule has 86 valence electrons. The first-order valence-electron chi connectivity index (χ1n) is 4.59. The maximum atomic E-state index is 11.2. The van der Waals surface area contributed by atoms with Gasteiger partial charge in [-0.1, -0.05) is 13.8 Å². The van der Waals surface area contributed by atoms with Gasteiger partial charge in [0, 0.05) is 18.3 Å². The highest BCUT2D eigenvalue weighted by Crippen LogP contribution is 2.21. The van der Waals surface area contributed by atoms with Crippen LogP contribution in [-0.2, 0) is 4.79 Å². The van der Waals surface area contributed by atoms with Crippen molar-refractivity contribution in [2.75, 3.05) is 11.9 Å². The lowest BCUT2D eigenvalue weighted by Gasteiger charge is -1.99. The van der Waals surface area contributed by atoms with Gasteiger partial charge in [-0.2, -0.15) is 0 Å². The summed E-state index contributed by atoms with van der Waals surface area (Å²) in [6.45, 7) is 4.51. The summed E-state index contributed by atoms with van der Waals surface area (Å²) in [5.74, 6) is 0.323. The molecule has 0 aliphatic rings. The normalized spacial score (nSPS) is 9.87. The number of halogens is 1. The average molecular weight is 250 g/mol. The number of rotatable bonds is 4. The van der Waals surface area contributed by atoms with Gasteiger partial charge in [0.2, 0.25) is 5.91 Å². The van der Waals surface area contributed by atoms with Crippen LogP contribution in [0.3, 0.4) is 0 Å². The third kappa shape index (κ3) is 4.59. The number of carbonyl (C=O) groups excluding carboxylic acids is 1. The minimum Gasteiger partial charge on any atom is -0.330 e. The summed E-state index contributed by atoms with van der Waals surface area (Å²) in [5.41, 5.74) is 6.27. The van der Waals surface area contributed by atoms with Gasteiger partial charge in [0.25, 0.3) is 0 Å². The van der Waals surface area contributed by atoms with E-state index in [0.717, 1.165) is 5.69 Å². The summed E-state index contributed by atoms with van der Waals surface area (Å²) in [4.78, 5) is 15.4. The highest BCUT2D eigenvalue weighted by molar-refractivity contribution is 7.13. The smallest absolute Gasteiger partial charge is 0.227 e. The van der Waals surface area contributed by atoms with E-state index in [0.29, 0.717) is 24.0 Å². The van der Waals surface area contributed by atoms with Crippen LogP contribution in [0.5, 0.6) is 0 Å². The standard InChI is InChI=1S/C9H15N3OS.ClH/c1-6(2)7-5-14-9(11-7)12-8(13)3-4-10;/h5-6H,3-4,10H2,1-2H3,(H,11,12,13);1H. The van der Waals surface area contributed by atoms with Crippen LogP contribution >= 0.6 is 23.7 Å². The van der Waals surface area contributed by atoms with Gasteiger partial charge in [0.05, 0.1) is 5.69 Å². The molecule has 0 aromatic carbocycles. The zero-order valence-corrected chi connectivity index (χ0v) is 10.5. The number of hydrogen-bond acceptors (Lipinski definition) is 4. The maximum absolute atomic E-state index is 11.2. The Morgan fingerprint density at radius 2 is 2.33 bits per heavy atom. The number of nitrogens with zero attached hydrogens (tertiary/aromatic N) is 1. The number of amides is 1. The molecule has 1 aromatic heterocycles. The molecule has 0 spiro atoms. The van der Waals surface area contributed by atoms with Crippen LogP contribution in [0.4, 0.5) is 5.13 Å². The van der Waals surface area contributed by atoms with Gasteiger partial charge >= 0.3 is 0 Å². The second kappa shape index (κ2) is 6.76. The van der Waals surface area contributed by atoms with Crippen molar-refractivity contribution in [2.45, 2.75) is 26.2 Å². The molecular weight excluding hydrogens is 234 g/mol. The second-order valence-corrected chi connectivity index (χ2v) is 4.18. The van der Waals surface area contributed by atoms with E-state index in [1.807, 2.05) is 5.38 Å². The van der Waals surface area contributed by atoms with Crippen LogP contribution in [0.2, 0.25) is 0 Å². The van der Waals surface area contributed by atoms with Crippen molar-refractivity contribution in [2.24, 2.45) is 5.73 Å². The van der Waals surface area contributed by atoms with E-state index in [9.17, 15) is 4.79 Å². The van der Waals surface area contributed by atoms with Crippen molar-refractivity contribution in [3.05, 3.63) is 11.1 Å². The molecule has 3 N–H and O–H groups in total. The fourth-order valence-corrected chi connectivity index (χ4v) is 1.81. The molecule has 0 bridgehead atoms. The highest BCUT2D eigenvalue weighted by Gasteiger charge is 2.07. The Hall–Kier alpha value is -0.650. The number of aromatic nitrogens is 1. The van der Waals surface area contributed by atoms with Gasteiger partial charge in [0.15, 0.2) is 5.13 Å². The van der Waals surface area contributed by atoms with Gasteiger partial charge < -0.3 is 11.1 Å².